The predicted octanol–water partition coefficient (Wildman–Crippen LogP) is 2.29. The normalized spacial score (nSPS) is 20.5. The number of methoxy groups -OCH3 is 1. The molecule has 0 atom stereocenters. The summed E-state index contributed by atoms with van der Waals surface area (Å²) in [6.07, 6.45) is 6.06. The van der Waals surface area contributed by atoms with E-state index in [2.05, 4.69) is 14.7 Å². The summed E-state index contributed by atoms with van der Waals surface area (Å²) in [5.74, 6) is 0.839. The van der Waals surface area contributed by atoms with Crippen molar-refractivity contribution >= 4 is 10.0 Å². The number of rotatable bonds is 7. The summed E-state index contributed by atoms with van der Waals surface area (Å²) in [5.41, 5.74) is 0.786. The molecule has 0 aliphatic heterocycles. The van der Waals surface area contributed by atoms with Gasteiger partial charge in [-0.3, -0.25) is 4.98 Å². The molecule has 0 unspecified atom stereocenters. The molecule has 1 fully saturated rings. The van der Waals surface area contributed by atoms with E-state index in [0.717, 1.165) is 31.2 Å². The molecule has 0 spiro atoms. The molecular formula is C18H23N3O4S. The Labute approximate surface area is 153 Å². The molecule has 1 aromatic carbocycles. The highest BCUT2D eigenvalue weighted by Gasteiger charge is 2.26. The Kier molecular flexibility index (Phi) is 6.05. The van der Waals surface area contributed by atoms with Gasteiger partial charge >= 0.3 is 0 Å². The van der Waals surface area contributed by atoms with Crippen LogP contribution in [0.3, 0.4) is 0 Å². The van der Waals surface area contributed by atoms with Gasteiger partial charge in [-0.1, -0.05) is 30.3 Å². The topological polar surface area (TPSA) is 90.4 Å². The number of hydrogen-bond donors (Lipinski definition) is 1. The number of nitrogens with zero attached hydrogens (tertiary/aromatic N) is 2. The molecule has 0 radical (unpaired) electrons. The third kappa shape index (κ3) is 5.40. The first-order valence-electron chi connectivity index (χ1n) is 8.61. The van der Waals surface area contributed by atoms with Crippen LogP contribution in [-0.4, -0.2) is 37.6 Å². The molecule has 26 heavy (non-hydrogen) atoms. The lowest BCUT2D eigenvalue weighted by Gasteiger charge is -2.29. The molecule has 140 valence electrons. The second kappa shape index (κ2) is 8.46. The van der Waals surface area contributed by atoms with Gasteiger partial charge in [-0.05, 0) is 31.2 Å². The Morgan fingerprint density at radius 2 is 1.77 bits per heavy atom. The van der Waals surface area contributed by atoms with Crippen LogP contribution in [0.2, 0.25) is 0 Å². The minimum atomic E-state index is -3.35. The van der Waals surface area contributed by atoms with Crippen LogP contribution >= 0.6 is 0 Å². The van der Waals surface area contributed by atoms with Crippen LogP contribution in [0.1, 0.15) is 31.2 Å². The lowest BCUT2D eigenvalue weighted by molar-refractivity contribution is 0.136. The Balaban J connectivity index is 1.48. The summed E-state index contributed by atoms with van der Waals surface area (Å²) in [5, 5.41) is 0. The molecular weight excluding hydrogens is 354 g/mol. The predicted molar refractivity (Wildman–Crippen MR) is 97.5 cm³/mol. The van der Waals surface area contributed by atoms with E-state index in [4.69, 9.17) is 9.47 Å². The molecule has 8 heteroatoms. The van der Waals surface area contributed by atoms with Gasteiger partial charge in [-0.15, -0.1) is 0 Å². The molecule has 1 N–H and O–H groups in total. The Morgan fingerprint density at radius 3 is 2.46 bits per heavy atom. The fourth-order valence-electron chi connectivity index (χ4n) is 3.04. The number of hydrogen-bond acceptors (Lipinski definition) is 6. The Bertz CT molecular complexity index is 806. The summed E-state index contributed by atoms with van der Waals surface area (Å²) < 4.78 is 38.4. The van der Waals surface area contributed by atoms with E-state index in [1.807, 2.05) is 30.3 Å². The van der Waals surface area contributed by atoms with Crippen molar-refractivity contribution in [3.63, 3.8) is 0 Å². The zero-order valence-electron chi connectivity index (χ0n) is 14.7. The molecule has 1 saturated carbocycles. The molecule has 1 aliphatic carbocycles. The van der Waals surface area contributed by atoms with Crippen molar-refractivity contribution in [1.29, 1.82) is 0 Å². The highest BCUT2D eigenvalue weighted by molar-refractivity contribution is 7.88. The number of ether oxygens (including phenoxy) is 2. The highest BCUT2D eigenvalue weighted by atomic mass is 32.2. The van der Waals surface area contributed by atoms with Crippen LogP contribution < -0.4 is 14.2 Å². The first kappa shape index (κ1) is 18.6. The first-order chi connectivity index (χ1) is 12.5. The van der Waals surface area contributed by atoms with Crippen LogP contribution in [0, 0.1) is 0 Å². The van der Waals surface area contributed by atoms with Crippen molar-refractivity contribution in [2.75, 3.05) is 7.11 Å². The van der Waals surface area contributed by atoms with Gasteiger partial charge in [-0.25, -0.2) is 13.1 Å². The molecule has 1 aromatic heterocycles. The van der Waals surface area contributed by atoms with Crippen molar-refractivity contribution in [3.05, 3.63) is 48.3 Å². The zero-order chi connectivity index (χ0) is 18.4. The molecule has 2 aromatic rings. The van der Waals surface area contributed by atoms with Gasteiger partial charge in [0.2, 0.25) is 21.8 Å². The minimum Gasteiger partial charge on any atom is -0.480 e. The summed E-state index contributed by atoms with van der Waals surface area (Å²) >= 11 is 0. The number of sulfonamides is 1. The lowest BCUT2D eigenvalue weighted by atomic mass is 9.94. The molecule has 1 heterocycles. The minimum absolute atomic E-state index is 0.00364. The van der Waals surface area contributed by atoms with Crippen LogP contribution in [0.25, 0.3) is 0 Å². The average Bonchev–Trinajstić information content (AvgIpc) is 2.64. The van der Waals surface area contributed by atoms with Crippen molar-refractivity contribution in [2.24, 2.45) is 0 Å². The smallest absolute Gasteiger partial charge is 0.235 e. The Morgan fingerprint density at radius 1 is 1.08 bits per heavy atom. The van der Waals surface area contributed by atoms with Crippen molar-refractivity contribution in [1.82, 2.24) is 14.7 Å². The third-order valence-electron chi connectivity index (χ3n) is 4.31. The summed E-state index contributed by atoms with van der Waals surface area (Å²) in [6, 6.07) is 9.14. The maximum Gasteiger partial charge on any atom is 0.235 e. The average molecular weight is 377 g/mol. The van der Waals surface area contributed by atoms with Gasteiger partial charge in [0, 0.05) is 6.04 Å². The molecule has 0 amide bonds. The van der Waals surface area contributed by atoms with Crippen LogP contribution in [0.5, 0.6) is 11.8 Å². The van der Waals surface area contributed by atoms with E-state index < -0.39 is 10.0 Å². The van der Waals surface area contributed by atoms with E-state index >= 15 is 0 Å². The molecule has 0 bridgehead atoms. The maximum absolute atomic E-state index is 12.3. The van der Waals surface area contributed by atoms with E-state index in [-0.39, 0.29) is 17.9 Å². The second-order valence-electron chi connectivity index (χ2n) is 6.35. The van der Waals surface area contributed by atoms with Crippen molar-refractivity contribution in [3.8, 4) is 11.8 Å². The van der Waals surface area contributed by atoms with Crippen LogP contribution in [-0.2, 0) is 15.8 Å². The molecule has 3 rings (SSSR count). The summed E-state index contributed by atoms with van der Waals surface area (Å²) in [7, 11) is -1.82. The second-order valence-corrected chi connectivity index (χ2v) is 8.11. The van der Waals surface area contributed by atoms with E-state index in [9.17, 15) is 8.42 Å². The van der Waals surface area contributed by atoms with E-state index in [0.29, 0.717) is 11.8 Å². The van der Waals surface area contributed by atoms with Crippen LogP contribution in [0.15, 0.2) is 42.7 Å². The number of nitrogens with one attached hydrogen (secondary N) is 1. The van der Waals surface area contributed by atoms with Crippen molar-refractivity contribution < 1.29 is 17.9 Å². The maximum atomic E-state index is 12.3. The standard InChI is InChI=1S/C18H23N3O4S/c1-24-17-11-19-12-18(20-17)25-16-9-7-15(8-10-16)21-26(22,23)13-14-5-3-2-4-6-14/h2-6,11-12,15-16,21H,7-10,13H2,1H3. The monoisotopic (exact) mass is 377 g/mol. The quantitative estimate of drug-likeness (QED) is 0.796. The largest absolute Gasteiger partial charge is 0.480 e. The van der Waals surface area contributed by atoms with Gasteiger partial charge in [0.25, 0.3) is 0 Å². The van der Waals surface area contributed by atoms with Gasteiger partial charge in [0.05, 0.1) is 25.3 Å². The zero-order valence-corrected chi connectivity index (χ0v) is 15.5. The van der Waals surface area contributed by atoms with Gasteiger partial charge in [0.15, 0.2) is 0 Å². The summed E-state index contributed by atoms with van der Waals surface area (Å²) in [6.45, 7) is 0. The first-order valence-corrected chi connectivity index (χ1v) is 10.3. The lowest BCUT2D eigenvalue weighted by Crippen LogP contribution is -2.40. The summed E-state index contributed by atoms with van der Waals surface area (Å²) in [4.78, 5) is 8.21. The Hall–Kier alpha value is -2.19. The molecule has 7 nitrogen and oxygen atoms in total. The van der Waals surface area contributed by atoms with Gasteiger partial charge in [0.1, 0.15) is 6.10 Å². The van der Waals surface area contributed by atoms with Crippen LogP contribution in [0.4, 0.5) is 0 Å². The van der Waals surface area contributed by atoms with E-state index in [1.165, 1.54) is 13.3 Å². The number of aromatic nitrogens is 2. The highest BCUT2D eigenvalue weighted by Crippen LogP contribution is 2.24. The fraction of sp³-hybridized carbons (Fsp3) is 0.444. The third-order valence-corrected chi connectivity index (χ3v) is 5.71. The van der Waals surface area contributed by atoms with Gasteiger partial charge in [-0.2, -0.15) is 4.98 Å². The molecule has 0 saturated heterocycles. The van der Waals surface area contributed by atoms with Gasteiger partial charge < -0.3 is 9.47 Å². The SMILES string of the molecule is COc1cncc(OC2CCC(NS(=O)(=O)Cc3ccccc3)CC2)n1. The van der Waals surface area contributed by atoms with E-state index in [1.54, 1.807) is 6.20 Å². The van der Waals surface area contributed by atoms with Crippen molar-refractivity contribution in [2.45, 2.75) is 43.6 Å². The molecule has 1 aliphatic rings. The number of benzene rings is 1. The fourth-order valence-corrected chi connectivity index (χ4v) is 4.50.